The van der Waals surface area contributed by atoms with Crippen LogP contribution in [-0.4, -0.2) is 74.8 Å². The number of pyridine rings is 1. The molecule has 2 N–H and O–H groups in total. The Morgan fingerprint density at radius 2 is 2.03 bits per heavy atom. The number of aryl methyl sites for hydroxylation is 1. The Bertz CT molecular complexity index is 1230. The summed E-state index contributed by atoms with van der Waals surface area (Å²) >= 11 is 0. The van der Waals surface area contributed by atoms with E-state index in [0.717, 1.165) is 46.9 Å². The molecule has 5 rings (SSSR count). The van der Waals surface area contributed by atoms with Gasteiger partial charge < -0.3 is 24.5 Å². The quantitative estimate of drug-likeness (QED) is 0.473. The Morgan fingerprint density at radius 3 is 2.81 bits per heavy atom. The zero-order valence-electron chi connectivity index (χ0n) is 18.0. The van der Waals surface area contributed by atoms with Crippen LogP contribution in [0.2, 0.25) is 0 Å². The molecule has 1 fully saturated rings. The van der Waals surface area contributed by atoms with Gasteiger partial charge in [-0.2, -0.15) is 5.10 Å². The molecule has 32 heavy (non-hydrogen) atoms. The van der Waals surface area contributed by atoms with Gasteiger partial charge in [-0.05, 0) is 25.1 Å². The van der Waals surface area contributed by atoms with Crippen molar-refractivity contribution >= 4 is 16.9 Å². The van der Waals surface area contributed by atoms with Crippen molar-refractivity contribution in [2.45, 2.75) is 13.0 Å². The van der Waals surface area contributed by atoms with E-state index in [-0.39, 0.29) is 6.61 Å². The first-order valence-corrected chi connectivity index (χ1v) is 10.5. The van der Waals surface area contributed by atoms with Gasteiger partial charge in [0.2, 0.25) is 0 Å². The maximum atomic E-state index is 9.76. The first-order chi connectivity index (χ1) is 15.7. The topological polar surface area (TPSA) is 114 Å². The van der Waals surface area contributed by atoms with Crippen LogP contribution in [0.1, 0.15) is 17.6 Å². The molecule has 0 aromatic carbocycles. The lowest BCUT2D eigenvalue weighted by molar-refractivity contribution is 0.0422. The number of H-pyrrole nitrogens is 1. The number of ether oxygens (including phenoxy) is 2. The van der Waals surface area contributed by atoms with E-state index in [2.05, 4.69) is 24.8 Å². The molecule has 0 saturated carbocycles. The van der Waals surface area contributed by atoms with Gasteiger partial charge in [0.25, 0.3) is 0 Å². The molecule has 1 aliphatic heterocycles. The third kappa shape index (κ3) is 3.72. The van der Waals surface area contributed by atoms with Crippen LogP contribution in [0.5, 0.6) is 0 Å². The molecule has 4 aromatic heterocycles. The van der Waals surface area contributed by atoms with E-state index in [1.807, 2.05) is 37.4 Å². The molecule has 5 heterocycles. The monoisotopic (exact) mass is 435 g/mol. The van der Waals surface area contributed by atoms with Gasteiger partial charge in [0.15, 0.2) is 11.6 Å². The van der Waals surface area contributed by atoms with Crippen molar-refractivity contribution in [3.05, 3.63) is 48.2 Å². The SMILES string of the molecule is COC(CO)c1nc(N2CCOCC2)cc(-n2nc(-c3c[nH]c4ncccc34)cc2C)n1. The van der Waals surface area contributed by atoms with Gasteiger partial charge in [-0.15, -0.1) is 0 Å². The molecule has 0 aliphatic carbocycles. The average molecular weight is 435 g/mol. The first-order valence-electron chi connectivity index (χ1n) is 10.5. The van der Waals surface area contributed by atoms with Crippen molar-refractivity contribution in [1.29, 1.82) is 0 Å². The van der Waals surface area contributed by atoms with Crippen molar-refractivity contribution in [3.63, 3.8) is 0 Å². The van der Waals surface area contributed by atoms with Gasteiger partial charge in [-0.3, -0.25) is 0 Å². The summed E-state index contributed by atoms with van der Waals surface area (Å²) in [5, 5.41) is 15.6. The number of aliphatic hydroxyl groups is 1. The predicted octanol–water partition coefficient (Wildman–Crippen LogP) is 2.03. The summed E-state index contributed by atoms with van der Waals surface area (Å²) in [4.78, 5) is 19.1. The molecule has 166 valence electrons. The lowest BCUT2D eigenvalue weighted by atomic mass is 10.1. The summed E-state index contributed by atoms with van der Waals surface area (Å²) in [6, 6.07) is 7.87. The Labute approximate surface area is 184 Å². The maximum Gasteiger partial charge on any atom is 0.164 e. The highest BCUT2D eigenvalue weighted by atomic mass is 16.5. The summed E-state index contributed by atoms with van der Waals surface area (Å²) in [6.07, 6.45) is 3.06. The Hall–Kier alpha value is -3.34. The number of aromatic amines is 1. The molecule has 1 unspecified atom stereocenters. The lowest BCUT2D eigenvalue weighted by Crippen LogP contribution is -2.37. The third-order valence-electron chi connectivity index (χ3n) is 5.62. The molecule has 0 spiro atoms. The van der Waals surface area contributed by atoms with Crippen molar-refractivity contribution < 1.29 is 14.6 Å². The summed E-state index contributed by atoms with van der Waals surface area (Å²) in [5.74, 6) is 1.80. The first kappa shape index (κ1) is 20.6. The maximum absolute atomic E-state index is 9.76. The average Bonchev–Trinajstić information content (AvgIpc) is 3.44. The van der Waals surface area contributed by atoms with Gasteiger partial charge in [-0.1, -0.05) is 0 Å². The fourth-order valence-corrected chi connectivity index (χ4v) is 3.91. The number of anilines is 1. The van der Waals surface area contributed by atoms with Crippen molar-refractivity contribution in [2.75, 3.05) is 44.9 Å². The third-order valence-corrected chi connectivity index (χ3v) is 5.62. The smallest absolute Gasteiger partial charge is 0.164 e. The highest BCUT2D eigenvalue weighted by Crippen LogP contribution is 2.29. The lowest BCUT2D eigenvalue weighted by Gasteiger charge is -2.28. The van der Waals surface area contributed by atoms with Gasteiger partial charge >= 0.3 is 0 Å². The summed E-state index contributed by atoms with van der Waals surface area (Å²) in [7, 11) is 1.54. The second kappa shape index (κ2) is 8.65. The van der Waals surface area contributed by atoms with E-state index < -0.39 is 6.10 Å². The van der Waals surface area contributed by atoms with Crippen molar-refractivity contribution in [1.82, 2.24) is 29.7 Å². The van der Waals surface area contributed by atoms with Crippen LogP contribution in [0, 0.1) is 6.92 Å². The summed E-state index contributed by atoms with van der Waals surface area (Å²) < 4.78 is 12.7. The van der Waals surface area contributed by atoms with Gasteiger partial charge in [0.05, 0.1) is 25.5 Å². The molecule has 1 atom stereocenters. The molecule has 4 aromatic rings. The van der Waals surface area contributed by atoms with Crippen LogP contribution < -0.4 is 4.90 Å². The molecular weight excluding hydrogens is 410 g/mol. The molecule has 0 amide bonds. The molecule has 1 aliphatic rings. The van der Waals surface area contributed by atoms with Crippen molar-refractivity contribution in [3.8, 4) is 17.1 Å². The number of methoxy groups -OCH3 is 1. The minimum atomic E-state index is -0.621. The number of aromatic nitrogens is 6. The van der Waals surface area contributed by atoms with Gasteiger partial charge in [0, 0.05) is 55.3 Å². The number of nitrogens with zero attached hydrogens (tertiary/aromatic N) is 6. The number of rotatable bonds is 6. The van der Waals surface area contributed by atoms with Gasteiger partial charge in [-0.25, -0.2) is 19.6 Å². The van der Waals surface area contributed by atoms with Gasteiger partial charge in [0.1, 0.15) is 17.6 Å². The minimum Gasteiger partial charge on any atom is -0.393 e. The summed E-state index contributed by atoms with van der Waals surface area (Å²) in [6.45, 7) is 4.52. The fourth-order valence-electron chi connectivity index (χ4n) is 3.91. The van der Waals surface area contributed by atoms with E-state index >= 15 is 0 Å². The highest BCUT2D eigenvalue weighted by Gasteiger charge is 2.21. The van der Waals surface area contributed by atoms with Crippen LogP contribution in [-0.2, 0) is 9.47 Å². The van der Waals surface area contributed by atoms with Crippen LogP contribution >= 0.6 is 0 Å². The Balaban J connectivity index is 1.60. The van der Waals surface area contributed by atoms with Crippen molar-refractivity contribution in [2.24, 2.45) is 0 Å². The van der Waals surface area contributed by atoms with Crippen LogP contribution in [0.25, 0.3) is 28.1 Å². The Morgan fingerprint density at radius 1 is 1.22 bits per heavy atom. The van der Waals surface area contributed by atoms with E-state index in [4.69, 9.17) is 14.6 Å². The zero-order valence-corrected chi connectivity index (χ0v) is 18.0. The number of aliphatic hydroxyl groups excluding tert-OH is 1. The van der Waals surface area contributed by atoms with E-state index in [0.29, 0.717) is 24.9 Å². The second-order valence-electron chi connectivity index (χ2n) is 7.63. The highest BCUT2D eigenvalue weighted by molar-refractivity contribution is 5.92. The normalized spacial score (nSPS) is 15.4. The van der Waals surface area contributed by atoms with E-state index in [1.54, 1.807) is 10.9 Å². The number of morpholine rings is 1. The zero-order chi connectivity index (χ0) is 22.1. The molecule has 10 heteroatoms. The van der Waals surface area contributed by atoms with E-state index in [1.165, 1.54) is 7.11 Å². The number of hydrogen-bond donors (Lipinski definition) is 2. The molecular formula is C22H25N7O3. The fraction of sp³-hybridized carbons (Fsp3) is 0.364. The second-order valence-corrected chi connectivity index (χ2v) is 7.63. The number of fused-ring (bicyclic) bond motifs is 1. The molecule has 1 saturated heterocycles. The van der Waals surface area contributed by atoms with Crippen LogP contribution in [0.3, 0.4) is 0 Å². The van der Waals surface area contributed by atoms with Crippen LogP contribution in [0.15, 0.2) is 36.7 Å². The largest absolute Gasteiger partial charge is 0.393 e. The number of nitrogens with one attached hydrogen (secondary N) is 1. The predicted molar refractivity (Wildman–Crippen MR) is 119 cm³/mol. The van der Waals surface area contributed by atoms with E-state index in [9.17, 15) is 5.11 Å². The number of hydrogen-bond acceptors (Lipinski definition) is 8. The van der Waals surface area contributed by atoms with Crippen LogP contribution in [0.4, 0.5) is 5.82 Å². The molecule has 10 nitrogen and oxygen atoms in total. The summed E-state index contributed by atoms with van der Waals surface area (Å²) in [5.41, 5.74) is 3.54. The Kier molecular flexibility index (Phi) is 5.56. The minimum absolute atomic E-state index is 0.214. The standard InChI is InChI=1S/C22H25N7O3/c1-14-10-17(16-12-24-21-15(16)4-3-5-23-21)27-29(14)20-11-19(28-6-8-32-9-7-28)25-22(26-20)18(13-30)31-2/h3-5,10-12,18,30H,6-9,13H2,1-2H3,(H,23,24). The molecule has 0 bridgehead atoms. The molecule has 0 radical (unpaired) electrons.